The normalized spacial score (nSPS) is 15.2. The van der Waals surface area contributed by atoms with Crippen LogP contribution in [-0.2, 0) is 14.3 Å². The number of nitrogens with one attached hydrogen (secondary N) is 1. The maximum absolute atomic E-state index is 12.0. The number of ether oxygens (including phenoxy) is 1. The standard InChI is InChI=1S/C17H22N2O4S/c1-3-14(13-6-4-12(2)5-7-13)18-15(20)11-23-16(21)10-19-8-9-24-17(19)22/h4-7,14H,3,8-11H2,1-2H3,(H,18,20)/t14-/m1/s1. The van der Waals surface area contributed by atoms with Gasteiger partial charge < -0.3 is 15.0 Å². The molecule has 1 aromatic carbocycles. The van der Waals surface area contributed by atoms with Gasteiger partial charge in [-0.05, 0) is 18.9 Å². The van der Waals surface area contributed by atoms with Crippen LogP contribution in [0.3, 0.4) is 0 Å². The van der Waals surface area contributed by atoms with Crippen LogP contribution in [0, 0.1) is 6.92 Å². The van der Waals surface area contributed by atoms with Crippen LogP contribution in [0.15, 0.2) is 24.3 Å². The summed E-state index contributed by atoms with van der Waals surface area (Å²) in [6.45, 7) is 4.08. The van der Waals surface area contributed by atoms with E-state index in [0.29, 0.717) is 12.3 Å². The second-order valence-electron chi connectivity index (χ2n) is 5.64. The number of carbonyl (C=O) groups is 3. The van der Waals surface area contributed by atoms with Gasteiger partial charge in [-0.1, -0.05) is 48.5 Å². The molecule has 1 fully saturated rings. The molecule has 1 aliphatic rings. The van der Waals surface area contributed by atoms with Crippen molar-refractivity contribution in [2.75, 3.05) is 25.4 Å². The number of carbonyl (C=O) groups excluding carboxylic acids is 3. The molecule has 0 spiro atoms. The number of esters is 1. The molecule has 1 heterocycles. The van der Waals surface area contributed by atoms with Crippen molar-refractivity contribution in [3.8, 4) is 0 Å². The molecule has 7 heteroatoms. The molecule has 1 N–H and O–H groups in total. The molecule has 0 unspecified atom stereocenters. The molecule has 0 saturated carbocycles. The number of aryl methyl sites for hydroxylation is 1. The summed E-state index contributed by atoms with van der Waals surface area (Å²) in [4.78, 5) is 36.5. The highest BCUT2D eigenvalue weighted by Gasteiger charge is 2.24. The van der Waals surface area contributed by atoms with Crippen molar-refractivity contribution in [2.45, 2.75) is 26.3 Å². The van der Waals surface area contributed by atoms with Crippen LogP contribution in [0.2, 0.25) is 0 Å². The van der Waals surface area contributed by atoms with E-state index in [1.165, 1.54) is 16.7 Å². The van der Waals surface area contributed by atoms with Gasteiger partial charge in [0.1, 0.15) is 6.54 Å². The van der Waals surface area contributed by atoms with Crippen LogP contribution >= 0.6 is 11.8 Å². The fraction of sp³-hybridized carbons (Fsp3) is 0.471. The van der Waals surface area contributed by atoms with E-state index >= 15 is 0 Å². The zero-order valence-corrected chi connectivity index (χ0v) is 14.7. The third-order valence-electron chi connectivity index (χ3n) is 3.75. The van der Waals surface area contributed by atoms with E-state index in [-0.39, 0.29) is 30.3 Å². The van der Waals surface area contributed by atoms with Gasteiger partial charge in [0.25, 0.3) is 11.1 Å². The lowest BCUT2D eigenvalue weighted by atomic mass is 10.0. The summed E-state index contributed by atoms with van der Waals surface area (Å²) in [7, 11) is 0. The molecular weight excluding hydrogens is 328 g/mol. The Labute approximate surface area is 145 Å². The summed E-state index contributed by atoms with van der Waals surface area (Å²) in [5, 5.41) is 2.74. The van der Waals surface area contributed by atoms with Gasteiger partial charge in [-0.15, -0.1) is 0 Å². The first-order valence-corrected chi connectivity index (χ1v) is 8.91. The molecule has 24 heavy (non-hydrogen) atoms. The molecule has 6 nitrogen and oxygen atoms in total. The highest BCUT2D eigenvalue weighted by molar-refractivity contribution is 8.13. The number of hydrogen-bond acceptors (Lipinski definition) is 5. The summed E-state index contributed by atoms with van der Waals surface area (Å²) in [5.74, 6) is -0.233. The Morgan fingerprint density at radius 2 is 2.04 bits per heavy atom. The molecule has 0 aliphatic carbocycles. The van der Waals surface area contributed by atoms with Crippen LogP contribution in [0.4, 0.5) is 4.79 Å². The van der Waals surface area contributed by atoms with Crippen LogP contribution in [0.25, 0.3) is 0 Å². The van der Waals surface area contributed by atoms with E-state index in [0.717, 1.165) is 17.5 Å². The Kier molecular flexibility index (Phi) is 6.66. The lowest BCUT2D eigenvalue weighted by Crippen LogP contribution is -2.35. The predicted octanol–water partition coefficient (Wildman–Crippen LogP) is 2.27. The Balaban J connectivity index is 1.78. The van der Waals surface area contributed by atoms with Gasteiger partial charge in [0.15, 0.2) is 6.61 Å². The number of rotatable bonds is 7. The molecule has 1 saturated heterocycles. The van der Waals surface area contributed by atoms with E-state index in [2.05, 4.69) is 5.32 Å². The maximum Gasteiger partial charge on any atom is 0.326 e. The number of nitrogens with zero attached hydrogens (tertiary/aromatic N) is 1. The number of amides is 2. The van der Waals surface area contributed by atoms with E-state index in [9.17, 15) is 14.4 Å². The zero-order chi connectivity index (χ0) is 17.5. The number of benzene rings is 1. The van der Waals surface area contributed by atoms with Crippen molar-refractivity contribution in [2.24, 2.45) is 0 Å². The quantitative estimate of drug-likeness (QED) is 0.764. The number of thioether (sulfide) groups is 1. The first kappa shape index (κ1) is 18.3. The van der Waals surface area contributed by atoms with Gasteiger partial charge in [-0.3, -0.25) is 14.4 Å². The summed E-state index contributed by atoms with van der Waals surface area (Å²) in [6, 6.07) is 7.83. The van der Waals surface area contributed by atoms with E-state index in [4.69, 9.17) is 4.74 Å². The smallest absolute Gasteiger partial charge is 0.326 e. The minimum absolute atomic E-state index is 0.103. The molecule has 1 aromatic rings. The number of hydrogen-bond donors (Lipinski definition) is 1. The third-order valence-corrected chi connectivity index (χ3v) is 4.64. The Morgan fingerprint density at radius 1 is 1.33 bits per heavy atom. The molecule has 0 bridgehead atoms. The van der Waals surface area contributed by atoms with Gasteiger partial charge in [-0.25, -0.2) is 0 Å². The van der Waals surface area contributed by atoms with Gasteiger partial charge >= 0.3 is 5.97 Å². The highest BCUT2D eigenvalue weighted by Crippen LogP contribution is 2.17. The fourth-order valence-corrected chi connectivity index (χ4v) is 3.20. The average molecular weight is 350 g/mol. The molecule has 1 aliphatic heterocycles. The van der Waals surface area contributed by atoms with Crippen LogP contribution in [0.1, 0.15) is 30.5 Å². The molecular formula is C17H22N2O4S. The fourth-order valence-electron chi connectivity index (χ4n) is 2.37. The van der Waals surface area contributed by atoms with E-state index < -0.39 is 5.97 Å². The van der Waals surface area contributed by atoms with Crippen molar-refractivity contribution in [3.05, 3.63) is 35.4 Å². The monoisotopic (exact) mass is 350 g/mol. The molecule has 1 atom stereocenters. The first-order chi connectivity index (χ1) is 11.5. The first-order valence-electron chi connectivity index (χ1n) is 7.93. The minimum atomic E-state index is -0.565. The van der Waals surface area contributed by atoms with Gasteiger partial charge in [-0.2, -0.15) is 0 Å². The van der Waals surface area contributed by atoms with Crippen molar-refractivity contribution in [1.82, 2.24) is 10.2 Å². The Morgan fingerprint density at radius 3 is 2.62 bits per heavy atom. The topological polar surface area (TPSA) is 75.7 Å². The van der Waals surface area contributed by atoms with Crippen LogP contribution < -0.4 is 5.32 Å². The van der Waals surface area contributed by atoms with Gasteiger partial charge in [0.2, 0.25) is 0 Å². The summed E-state index contributed by atoms with van der Waals surface area (Å²) in [5.41, 5.74) is 2.17. The largest absolute Gasteiger partial charge is 0.454 e. The van der Waals surface area contributed by atoms with E-state index in [1.807, 2.05) is 38.1 Å². The predicted molar refractivity (Wildman–Crippen MR) is 92.7 cm³/mol. The Hall–Kier alpha value is -2.02. The van der Waals surface area contributed by atoms with Gasteiger partial charge in [0, 0.05) is 12.3 Å². The molecule has 0 radical (unpaired) electrons. The van der Waals surface area contributed by atoms with Crippen LogP contribution in [-0.4, -0.2) is 47.5 Å². The average Bonchev–Trinajstić information content (AvgIpc) is 2.96. The van der Waals surface area contributed by atoms with Crippen molar-refractivity contribution in [3.63, 3.8) is 0 Å². The van der Waals surface area contributed by atoms with Crippen molar-refractivity contribution < 1.29 is 19.1 Å². The molecule has 2 amide bonds. The zero-order valence-electron chi connectivity index (χ0n) is 13.9. The van der Waals surface area contributed by atoms with Crippen molar-refractivity contribution >= 4 is 28.9 Å². The van der Waals surface area contributed by atoms with Crippen LogP contribution in [0.5, 0.6) is 0 Å². The Bertz CT molecular complexity index is 603. The third kappa shape index (κ3) is 5.26. The lowest BCUT2D eigenvalue weighted by molar-refractivity contribution is -0.149. The summed E-state index contributed by atoms with van der Waals surface area (Å²) < 4.78 is 4.96. The van der Waals surface area contributed by atoms with E-state index in [1.54, 1.807) is 0 Å². The second-order valence-corrected chi connectivity index (χ2v) is 6.68. The molecule has 2 rings (SSSR count). The SMILES string of the molecule is CC[C@@H](NC(=O)COC(=O)CN1CCSC1=O)c1ccc(C)cc1. The van der Waals surface area contributed by atoms with Crippen molar-refractivity contribution in [1.29, 1.82) is 0 Å². The second kappa shape index (κ2) is 8.73. The maximum atomic E-state index is 12.0. The molecule has 130 valence electrons. The molecule has 0 aromatic heterocycles. The summed E-state index contributed by atoms with van der Waals surface area (Å²) in [6.07, 6.45) is 0.738. The minimum Gasteiger partial charge on any atom is -0.454 e. The van der Waals surface area contributed by atoms with Gasteiger partial charge in [0.05, 0.1) is 6.04 Å². The highest BCUT2D eigenvalue weighted by atomic mass is 32.2. The summed E-state index contributed by atoms with van der Waals surface area (Å²) >= 11 is 1.18. The lowest BCUT2D eigenvalue weighted by Gasteiger charge is -2.18.